The number of rotatable bonds is 4. The molecule has 0 spiro atoms. The number of halogens is 1. The van der Waals surface area contributed by atoms with Gasteiger partial charge in [0.2, 0.25) is 5.88 Å². The summed E-state index contributed by atoms with van der Waals surface area (Å²) in [6.45, 7) is 4.26. The van der Waals surface area contributed by atoms with Crippen molar-refractivity contribution in [3.63, 3.8) is 0 Å². The Labute approximate surface area is 170 Å². The Hall–Kier alpha value is -2.84. The third-order valence-corrected chi connectivity index (χ3v) is 6.06. The molecule has 0 aliphatic carbocycles. The summed E-state index contributed by atoms with van der Waals surface area (Å²) in [5, 5.41) is 10.2. The van der Waals surface area contributed by atoms with Gasteiger partial charge in [-0.2, -0.15) is 0 Å². The van der Waals surface area contributed by atoms with Crippen LogP contribution in [0.15, 0.2) is 24.4 Å². The van der Waals surface area contributed by atoms with E-state index in [0.29, 0.717) is 24.4 Å². The van der Waals surface area contributed by atoms with E-state index in [4.69, 9.17) is 9.47 Å². The molecule has 29 heavy (non-hydrogen) atoms. The maximum atomic E-state index is 14.5. The number of ether oxygens (including phenoxy) is 2. The average molecular weight is 411 g/mol. The van der Waals surface area contributed by atoms with Gasteiger partial charge in [-0.3, -0.25) is 0 Å². The van der Waals surface area contributed by atoms with E-state index in [2.05, 4.69) is 15.0 Å². The zero-order chi connectivity index (χ0) is 20.1. The number of aromatic nitrogens is 3. The minimum Gasteiger partial charge on any atom is -0.484 e. The third-order valence-electron chi connectivity index (χ3n) is 4.89. The Morgan fingerprint density at radius 3 is 2.93 bits per heavy atom. The maximum Gasteiger partial charge on any atom is 0.232 e. The van der Waals surface area contributed by atoms with E-state index < -0.39 is 11.9 Å². The quantitative estimate of drug-likeness (QED) is 0.546. The van der Waals surface area contributed by atoms with E-state index in [-0.39, 0.29) is 12.4 Å². The predicted molar refractivity (Wildman–Crippen MR) is 109 cm³/mol. The summed E-state index contributed by atoms with van der Waals surface area (Å²) in [6, 6.07) is 5.36. The van der Waals surface area contributed by atoms with Gasteiger partial charge >= 0.3 is 0 Å². The van der Waals surface area contributed by atoms with Crippen molar-refractivity contribution in [1.82, 2.24) is 15.0 Å². The lowest BCUT2D eigenvalue weighted by molar-refractivity contribution is 0.131. The lowest BCUT2D eigenvalue weighted by atomic mass is 10.1. The van der Waals surface area contributed by atoms with E-state index in [1.807, 2.05) is 26.0 Å². The van der Waals surface area contributed by atoms with Crippen LogP contribution in [0.2, 0.25) is 0 Å². The molecule has 3 heterocycles. The topological polar surface area (TPSA) is 77.4 Å². The summed E-state index contributed by atoms with van der Waals surface area (Å²) >= 11 is 1.48. The van der Waals surface area contributed by atoms with Gasteiger partial charge in [0.1, 0.15) is 11.1 Å². The Balaban J connectivity index is 1.69. The molecule has 1 aliphatic rings. The lowest BCUT2D eigenvalue weighted by Crippen LogP contribution is -2.17. The Morgan fingerprint density at radius 1 is 1.28 bits per heavy atom. The number of aliphatic hydroxyl groups is 1. The molecule has 5 rings (SSSR count). The average Bonchev–Trinajstić information content (AvgIpc) is 3.31. The highest BCUT2D eigenvalue weighted by molar-refractivity contribution is 7.22. The predicted octanol–water partition coefficient (Wildman–Crippen LogP) is 4.05. The number of nitrogens with zero attached hydrogens (tertiary/aromatic N) is 3. The van der Waals surface area contributed by atoms with Crippen LogP contribution >= 0.6 is 11.3 Å². The Bertz CT molecular complexity index is 1260. The van der Waals surface area contributed by atoms with Gasteiger partial charge in [-0.1, -0.05) is 0 Å². The molecule has 0 radical (unpaired) electrons. The van der Waals surface area contributed by atoms with Crippen LogP contribution in [0.25, 0.3) is 31.8 Å². The van der Waals surface area contributed by atoms with Crippen LogP contribution in [0.4, 0.5) is 4.39 Å². The number of benzene rings is 2. The molecule has 6 nitrogen and oxygen atoms in total. The second-order valence-electron chi connectivity index (χ2n) is 6.98. The second kappa shape index (κ2) is 6.89. The van der Waals surface area contributed by atoms with Crippen molar-refractivity contribution in [1.29, 1.82) is 0 Å². The fraction of sp³-hybridized carbons (Fsp3) is 0.286. The van der Waals surface area contributed by atoms with E-state index in [9.17, 15) is 9.50 Å². The number of fused-ring (bicyclic) bond motifs is 4. The molecule has 1 unspecified atom stereocenters. The summed E-state index contributed by atoms with van der Waals surface area (Å²) in [6.07, 6.45) is 1.65. The maximum absolute atomic E-state index is 14.5. The summed E-state index contributed by atoms with van der Waals surface area (Å²) in [5.41, 5.74) is 4.67. The van der Waals surface area contributed by atoms with Crippen molar-refractivity contribution >= 4 is 32.6 Å². The van der Waals surface area contributed by atoms with Crippen molar-refractivity contribution in [2.24, 2.45) is 0 Å². The molecule has 1 N–H and O–H groups in total. The van der Waals surface area contributed by atoms with E-state index in [1.165, 1.54) is 17.4 Å². The first-order valence-corrected chi connectivity index (χ1v) is 10.2. The molecule has 148 valence electrons. The zero-order valence-electron chi connectivity index (χ0n) is 15.9. The van der Waals surface area contributed by atoms with Crippen molar-refractivity contribution in [2.75, 3.05) is 13.2 Å². The lowest BCUT2D eigenvalue weighted by Gasteiger charge is -2.07. The van der Waals surface area contributed by atoms with Gasteiger partial charge in [0, 0.05) is 23.6 Å². The van der Waals surface area contributed by atoms with Crippen LogP contribution < -0.4 is 9.47 Å². The van der Waals surface area contributed by atoms with E-state index in [0.717, 1.165) is 37.4 Å². The van der Waals surface area contributed by atoms with Crippen LogP contribution in [-0.4, -0.2) is 39.4 Å². The minimum absolute atomic E-state index is 0.151. The molecule has 1 aliphatic heterocycles. The van der Waals surface area contributed by atoms with E-state index >= 15 is 0 Å². The summed E-state index contributed by atoms with van der Waals surface area (Å²) < 4.78 is 26.4. The van der Waals surface area contributed by atoms with Gasteiger partial charge < -0.3 is 14.6 Å². The number of hydrogen-bond donors (Lipinski definition) is 1. The largest absolute Gasteiger partial charge is 0.484 e. The molecule has 0 saturated carbocycles. The molecular formula is C21H18FN3O3S. The number of aliphatic hydroxyl groups excluding tert-OH is 1. The second-order valence-corrected chi connectivity index (χ2v) is 7.98. The van der Waals surface area contributed by atoms with Crippen LogP contribution in [-0.2, 0) is 6.42 Å². The molecular weight excluding hydrogens is 393 g/mol. The fourth-order valence-corrected chi connectivity index (χ4v) is 4.78. The molecule has 1 atom stereocenters. The Morgan fingerprint density at radius 2 is 2.14 bits per heavy atom. The zero-order valence-corrected chi connectivity index (χ0v) is 16.7. The Kier molecular flexibility index (Phi) is 4.33. The molecule has 8 heteroatoms. The molecule has 2 aromatic heterocycles. The summed E-state index contributed by atoms with van der Waals surface area (Å²) in [7, 11) is 0. The normalized spacial score (nSPS) is 15.7. The SMILES string of the molecule is CCOc1cnc2c(-c3nc4cc(F)c5c(c4s3)CC(CO)O5)cc(C)cc2n1. The van der Waals surface area contributed by atoms with Gasteiger partial charge in [0.05, 0.1) is 40.7 Å². The highest BCUT2D eigenvalue weighted by Gasteiger charge is 2.29. The molecule has 0 fully saturated rings. The number of thiazole rings is 1. The van der Waals surface area contributed by atoms with Crippen molar-refractivity contribution in [2.45, 2.75) is 26.4 Å². The minimum atomic E-state index is -0.449. The molecule has 4 aromatic rings. The summed E-state index contributed by atoms with van der Waals surface area (Å²) in [4.78, 5) is 13.8. The number of aryl methyl sites for hydroxylation is 1. The first-order chi connectivity index (χ1) is 14.1. The van der Waals surface area contributed by atoms with Crippen LogP contribution in [0, 0.1) is 12.7 Å². The van der Waals surface area contributed by atoms with Crippen LogP contribution in [0.5, 0.6) is 11.6 Å². The van der Waals surface area contributed by atoms with Gasteiger partial charge in [-0.25, -0.2) is 19.3 Å². The molecule has 0 saturated heterocycles. The van der Waals surface area contributed by atoms with Gasteiger partial charge in [0.15, 0.2) is 11.6 Å². The highest BCUT2D eigenvalue weighted by atomic mass is 32.1. The standard InChI is InChI=1S/C21H18FN3O3S/c1-3-27-17-8-23-18-12(4-10(2)5-15(18)24-17)21-25-16-7-14(22)19-13(20(16)29-21)6-11(9-26)28-19/h4-5,7-8,11,26H,3,6,9H2,1-2H3. The summed E-state index contributed by atoms with van der Waals surface area (Å²) in [5.74, 6) is 0.255. The van der Waals surface area contributed by atoms with E-state index in [1.54, 1.807) is 6.20 Å². The van der Waals surface area contributed by atoms with Crippen molar-refractivity contribution in [3.05, 3.63) is 41.3 Å². The smallest absolute Gasteiger partial charge is 0.232 e. The van der Waals surface area contributed by atoms with Crippen molar-refractivity contribution in [3.8, 4) is 22.2 Å². The first kappa shape index (κ1) is 18.2. The van der Waals surface area contributed by atoms with Crippen molar-refractivity contribution < 1.29 is 19.0 Å². The van der Waals surface area contributed by atoms with Crippen LogP contribution in [0.1, 0.15) is 18.1 Å². The third kappa shape index (κ3) is 2.99. The first-order valence-electron chi connectivity index (χ1n) is 9.37. The van der Waals surface area contributed by atoms with Gasteiger partial charge in [-0.15, -0.1) is 11.3 Å². The van der Waals surface area contributed by atoms with Gasteiger partial charge in [0.25, 0.3) is 0 Å². The monoisotopic (exact) mass is 411 g/mol. The molecule has 2 aromatic carbocycles. The van der Waals surface area contributed by atoms with Gasteiger partial charge in [-0.05, 0) is 31.5 Å². The van der Waals surface area contributed by atoms with Crippen LogP contribution in [0.3, 0.4) is 0 Å². The number of hydrogen-bond acceptors (Lipinski definition) is 7. The highest BCUT2D eigenvalue weighted by Crippen LogP contribution is 2.43. The molecule has 0 bridgehead atoms. The molecule has 0 amide bonds. The fourth-order valence-electron chi connectivity index (χ4n) is 3.67.